The van der Waals surface area contributed by atoms with Crippen LogP contribution >= 0.6 is 11.6 Å². The average Bonchev–Trinajstić information content (AvgIpc) is 2.06. The van der Waals surface area contributed by atoms with E-state index in [2.05, 4.69) is 0 Å². The third-order valence-electron chi connectivity index (χ3n) is 1.99. The van der Waals surface area contributed by atoms with Gasteiger partial charge in [-0.2, -0.15) is 13.2 Å². The van der Waals surface area contributed by atoms with Crippen LogP contribution in [-0.2, 0) is 6.42 Å². The van der Waals surface area contributed by atoms with Crippen LogP contribution in [-0.4, -0.2) is 12.2 Å². The van der Waals surface area contributed by atoms with Gasteiger partial charge in [0.05, 0.1) is 6.42 Å². The third-order valence-corrected chi connectivity index (χ3v) is 2.34. The molecule has 1 atom stereocenters. The average molecular weight is 256 g/mol. The van der Waals surface area contributed by atoms with Crippen molar-refractivity contribution in [3.63, 3.8) is 0 Å². The first-order valence-corrected chi connectivity index (χ1v) is 4.92. The number of alkyl halides is 3. The highest BCUT2D eigenvalue weighted by Gasteiger charge is 2.30. The molecule has 1 unspecified atom stereocenters. The zero-order valence-corrected chi connectivity index (χ0v) is 8.95. The molecule has 0 aliphatic heterocycles. The van der Waals surface area contributed by atoms with Crippen LogP contribution in [0.2, 0.25) is 5.02 Å². The monoisotopic (exact) mass is 255 g/mol. The Morgan fingerprint density at radius 2 is 1.94 bits per heavy atom. The third kappa shape index (κ3) is 4.37. The first kappa shape index (κ1) is 13.3. The molecule has 0 spiro atoms. The lowest BCUT2D eigenvalue weighted by molar-refractivity contribution is -0.138. The van der Waals surface area contributed by atoms with Crippen molar-refractivity contribution < 1.29 is 17.6 Å². The van der Waals surface area contributed by atoms with Gasteiger partial charge in [-0.3, -0.25) is 0 Å². The summed E-state index contributed by atoms with van der Waals surface area (Å²) in [5.74, 6) is -0.529. The molecule has 0 bridgehead atoms. The summed E-state index contributed by atoms with van der Waals surface area (Å²) >= 11 is 5.67. The molecule has 1 nitrogen and oxygen atoms in total. The molecule has 1 rings (SSSR count). The minimum Gasteiger partial charge on any atom is -0.327 e. The van der Waals surface area contributed by atoms with Crippen molar-refractivity contribution in [2.75, 3.05) is 0 Å². The quantitative estimate of drug-likeness (QED) is 0.824. The standard InChI is InChI=1S/C10H10ClF4N/c11-9-4-7(12)2-1-6(9)3-8(16)5-10(13,14)15/h1-2,4,8H,3,5,16H2. The highest BCUT2D eigenvalue weighted by molar-refractivity contribution is 6.31. The Labute approximate surface area is 95.2 Å². The van der Waals surface area contributed by atoms with Crippen molar-refractivity contribution in [1.29, 1.82) is 0 Å². The highest BCUT2D eigenvalue weighted by atomic mass is 35.5. The predicted octanol–water partition coefficient (Wildman–Crippen LogP) is 3.30. The van der Waals surface area contributed by atoms with Crippen molar-refractivity contribution in [3.8, 4) is 0 Å². The molecular formula is C10H10ClF4N. The fraction of sp³-hybridized carbons (Fsp3) is 0.400. The molecule has 2 N–H and O–H groups in total. The van der Waals surface area contributed by atoms with Crippen LogP contribution in [0.3, 0.4) is 0 Å². The molecule has 0 radical (unpaired) electrons. The predicted molar refractivity (Wildman–Crippen MR) is 53.8 cm³/mol. The Morgan fingerprint density at radius 3 is 2.44 bits per heavy atom. The molecule has 0 heterocycles. The summed E-state index contributed by atoms with van der Waals surface area (Å²) in [5.41, 5.74) is 5.74. The van der Waals surface area contributed by atoms with Crippen LogP contribution in [0.25, 0.3) is 0 Å². The SMILES string of the molecule is NC(Cc1ccc(F)cc1Cl)CC(F)(F)F. The van der Waals surface area contributed by atoms with Gasteiger partial charge in [-0.1, -0.05) is 17.7 Å². The van der Waals surface area contributed by atoms with E-state index in [-0.39, 0.29) is 11.4 Å². The number of nitrogens with two attached hydrogens (primary N) is 1. The molecule has 0 saturated heterocycles. The number of rotatable bonds is 3. The van der Waals surface area contributed by atoms with Gasteiger partial charge in [0.2, 0.25) is 0 Å². The van der Waals surface area contributed by atoms with Gasteiger partial charge in [-0.05, 0) is 24.1 Å². The number of hydrogen-bond donors (Lipinski definition) is 1. The summed E-state index contributed by atoms with van der Waals surface area (Å²) in [5, 5.41) is 0.0950. The van der Waals surface area contributed by atoms with Gasteiger partial charge in [0.15, 0.2) is 0 Å². The topological polar surface area (TPSA) is 26.0 Å². The van der Waals surface area contributed by atoms with E-state index in [1.54, 1.807) is 0 Å². The molecule has 16 heavy (non-hydrogen) atoms. The lowest BCUT2D eigenvalue weighted by atomic mass is 10.0. The minimum atomic E-state index is -4.30. The number of halogens is 5. The summed E-state index contributed by atoms with van der Waals surface area (Å²) in [6.07, 6.45) is -5.41. The van der Waals surface area contributed by atoms with Gasteiger partial charge >= 0.3 is 6.18 Å². The molecule has 0 aromatic heterocycles. The van der Waals surface area contributed by atoms with E-state index in [1.165, 1.54) is 6.07 Å². The van der Waals surface area contributed by atoms with Crippen LogP contribution in [0.4, 0.5) is 17.6 Å². The molecule has 0 amide bonds. The van der Waals surface area contributed by atoms with E-state index in [0.717, 1.165) is 12.1 Å². The van der Waals surface area contributed by atoms with E-state index >= 15 is 0 Å². The fourth-order valence-electron chi connectivity index (χ4n) is 1.34. The lowest BCUT2D eigenvalue weighted by Gasteiger charge is -2.14. The minimum absolute atomic E-state index is 0.0291. The van der Waals surface area contributed by atoms with Gasteiger partial charge in [0.1, 0.15) is 5.82 Å². The smallest absolute Gasteiger partial charge is 0.327 e. The Balaban J connectivity index is 2.66. The van der Waals surface area contributed by atoms with Crippen molar-refractivity contribution in [3.05, 3.63) is 34.6 Å². The molecular weight excluding hydrogens is 246 g/mol. The summed E-state index contributed by atoms with van der Waals surface area (Å²) < 4.78 is 48.7. The van der Waals surface area contributed by atoms with E-state index < -0.39 is 24.5 Å². The Bertz CT molecular complexity index is 364. The van der Waals surface area contributed by atoms with Gasteiger partial charge in [-0.15, -0.1) is 0 Å². The summed E-state index contributed by atoms with van der Waals surface area (Å²) in [7, 11) is 0. The summed E-state index contributed by atoms with van der Waals surface area (Å²) in [6.45, 7) is 0. The Morgan fingerprint density at radius 1 is 1.31 bits per heavy atom. The fourth-order valence-corrected chi connectivity index (χ4v) is 1.58. The Hall–Kier alpha value is -0.810. The summed E-state index contributed by atoms with van der Waals surface area (Å²) in [6, 6.07) is 2.47. The van der Waals surface area contributed by atoms with Gasteiger partial charge in [-0.25, -0.2) is 4.39 Å². The normalized spacial score (nSPS) is 13.9. The van der Waals surface area contributed by atoms with Crippen molar-refractivity contribution in [1.82, 2.24) is 0 Å². The molecule has 6 heteroatoms. The van der Waals surface area contributed by atoms with E-state index in [9.17, 15) is 17.6 Å². The summed E-state index contributed by atoms with van der Waals surface area (Å²) in [4.78, 5) is 0. The zero-order valence-electron chi connectivity index (χ0n) is 8.19. The Kier molecular flexibility index (Phi) is 4.15. The van der Waals surface area contributed by atoms with Crippen molar-refractivity contribution >= 4 is 11.6 Å². The zero-order chi connectivity index (χ0) is 12.3. The first-order chi connectivity index (χ1) is 7.28. The van der Waals surface area contributed by atoms with Gasteiger partial charge in [0, 0.05) is 11.1 Å². The van der Waals surface area contributed by atoms with Crippen molar-refractivity contribution in [2.45, 2.75) is 25.1 Å². The van der Waals surface area contributed by atoms with Crippen LogP contribution in [0, 0.1) is 5.82 Å². The molecule has 1 aromatic carbocycles. The maximum Gasteiger partial charge on any atom is 0.390 e. The van der Waals surface area contributed by atoms with Crippen LogP contribution in [0.15, 0.2) is 18.2 Å². The van der Waals surface area contributed by atoms with Crippen LogP contribution in [0.5, 0.6) is 0 Å². The van der Waals surface area contributed by atoms with Crippen LogP contribution < -0.4 is 5.73 Å². The molecule has 0 aliphatic carbocycles. The first-order valence-electron chi connectivity index (χ1n) is 4.54. The second-order valence-electron chi connectivity index (χ2n) is 3.52. The molecule has 90 valence electrons. The maximum atomic E-state index is 12.7. The molecule has 0 fully saturated rings. The number of hydrogen-bond acceptors (Lipinski definition) is 1. The van der Waals surface area contributed by atoms with E-state index in [1.807, 2.05) is 0 Å². The lowest BCUT2D eigenvalue weighted by Crippen LogP contribution is -2.29. The second kappa shape index (κ2) is 5.01. The van der Waals surface area contributed by atoms with E-state index in [0.29, 0.717) is 5.56 Å². The van der Waals surface area contributed by atoms with Crippen LogP contribution in [0.1, 0.15) is 12.0 Å². The molecule has 0 aliphatic rings. The largest absolute Gasteiger partial charge is 0.390 e. The number of benzene rings is 1. The second-order valence-corrected chi connectivity index (χ2v) is 3.93. The van der Waals surface area contributed by atoms with Gasteiger partial charge < -0.3 is 5.73 Å². The highest BCUT2D eigenvalue weighted by Crippen LogP contribution is 2.24. The maximum absolute atomic E-state index is 12.7. The van der Waals surface area contributed by atoms with Crippen molar-refractivity contribution in [2.24, 2.45) is 5.73 Å². The van der Waals surface area contributed by atoms with E-state index in [4.69, 9.17) is 17.3 Å². The molecule has 1 aromatic rings. The van der Waals surface area contributed by atoms with Gasteiger partial charge in [0.25, 0.3) is 0 Å². The molecule has 0 saturated carbocycles.